The lowest BCUT2D eigenvalue weighted by Crippen LogP contribution is -2.49. The molecule has 3 aromatic rings. The number of piperazine rings is 2. The SMILES string of the molecule is CN1CCN(c2cc(N3CCN(S(=O)(=O)c4ccc5oc(=O)n(C)c5c4)CC3)ncn2)CC1. The Morgan fingerprint density at radius 1 is 0.848 bits per heavy atom. The van der Waals surface area contributed by atoms with Crippen molar-refractivity contribution in [3.63, 3.8) is 0 Å². The minimum Gasteiger partial charge on any atom is -0.408 e. The first-order chi connectivity index (χ1) is 15.8. The molecule has 12 heteroatoms. The molecule has 0 amide bonds. The molecule has 2 aromatic heterocycles. The average molecular weight is 474 g/mol. The number of anilines is 2. The average Bonchev–Trinajstić information content (AvgIpc) is 3.12. The summed E-state index contributed by atoms with van der Waals surface area (Å²) in [7, 11) is -0.0205. The molecule has 2 aliphatic rings. The second-order valence-electron chi connectivity index (χ2n) is 8.47. The maximum absolute atomic E-state index is 13.2. The molecule has 4 heterocycles. The van der Waals surface area contributed by atoms with Gasteiger partial charge in [0.2, 0.25) is 10.0 Å². The summed E-state index contributed by atoms with van der Waals surface area (Å²) < 4.78 is 34.4. The Morgan fingerprint density at radius 2 is 1.45 bits per heavy atom. The van der Waals surface area contributed by atoms with E-state index < -0.39 is 15.8 Å². The number of oxazole rings is 1. The van der Waals surface area contributed by atoms with Crippen LogP contribution in [-0.4, -0.2) is 91.6 Å². The third kappa shape index (κ3) is 4.09. The quantitative estimate of drug-likeness (QED) is 0.524. The van der Waals surface area contributed by atoms with E-state index >= 15 is 0 Å². The van der Waals surface area contributed by atoms with Crippen molar-refractivity contribution >= 4 is 32.8 Å². The van der Waals surface area contributed by atoms with Gasteiger partial charge in [-0.05, 0) is 25.2 Å². The van der Waals surface area contributed by atoms with Crippen LogP contribution in [0.2, 0.25) is 0 Å². The van der Waals surface area contributed by atoms with Gasteiger partial charge in [0.15, 0.2) is 5.58 Å². The topological polar surface area (TPSA) is 108 Å². The summed E-state index contributed by atoms with van der Waals surface area (Å²) in [6.45, 7) is 5.59. The van der Waals surface area contributed by atoms with Crippen molar-refractivity contribution in [1.29, 1.82) is 0 Å². The van der Waals surface area contributed by atoms with Gasteiger partial charge in [-0.3, -0.25) is 4.57 Å². The number of aryl methyl sites for hydroxylation is 1. The molecule has 176 valence electrons. The Labute approximate surface area is 191 Å². The molecule has 0 bridgehead atoms. The number of nitrogens with zero attached hydrogens (tertiary/aromatic N) is 7. The molecule has 2 aliphatic heterocycles. The number of benzene rings is 1. The molecule has 0 saturated carbocycles. The molecule has 11 nitrogen and oxygen atoms in total. The van der Waals surface area contributed by atoms with Crippen LogP contribution in [0.25, 0.3) is 11.1 Å². The molecule has 2 fully saturated rings. The summed E-state index contributed by atoms with van der Waals surface area (Å²) in [4.78, 5) is 27.4. The summed E-state index contributed by atoms with van der Waals surface area (Å²) in [5.41, 5.74) is 0.823. The lowest BCUT2D eigenvalue weighted by molar-refractivity contribution is 0.312. The molecule has 5 rings (SSSR count). The summed E-state index contributed by atoms with van der Waals surface area (Å²) in [5.74, 6) is 1.20. The lowest BCUT2D eigenvalue weighted by atomic mass is 10.3. The number of rotatable bonds is 4. The van der Waals surface area contributed by atoms with Crippen molar-refractivity contribution in [2.45, 2.75) is 4.90 Å². The molecule has 0 spiro atoms. The Hall–Kier alpha value is -2.96. The smallest absolute Gasteiger partial charge is 0.408 e. The normalized spacial score (nSPS) is 18.8. The van der Waals surface area contributed by atoms with Gasteiger partial charge in [0.25, 0.3) is 0 Å². The number of hydrogen-bond donors (Lipinski definition) is 0. The zero-order chi connectivity index (χ0) is 23.2. The van der Waals surface area contributed by atoms with E-state index in [0.29, 0.717) is 37.3 Å². The molecule has 1 aromatic carbocycles. The molecule has 2 saturated heterocycles. The summed E-state index contributed by atoms with van der Waals surface area (Å²) in [6, 6.07) is 6.50. The maximum atomic E-state index is 13.2. The van der Waals surface area contributed by atoms with Gasteiger partial charge in [0.05, 0.1) is 10.4 Å². The van der Waals surface area contributed by atoms with Crippen molar-refractivity contribution in [1.82, 2.24) is 23.7 Å². The number of aromatic nitrogens is 3. The van der Waals surface area contributed by atoms with Crippen LogP contribution in [0.15, 0.2) is 44.7 Å². The van der Waals surface area contributed by atoms with Crippen LogP contribution < -0.4 is 15.6 Å². The molecule has 0 radical (unpaired) electrons. The highest BCUT2D eigenvalue weighted by Gasteiger charge is 2.30. The molecule has 0 aliphatic carbocycles. The Balaban J connectivity index is 1.29. The first kappa shape index (κ1) is 21.9. The molecule has 0 unspecified atom stereocenters. The van der Waals surface area contributed by atoms with Gasteiger partial charge >= 0.3 is 5.76 Å². The lowest BCUT2D eigenvalue weighted by Gasteiger charge is -2.36. The highest BCUT2D eigenvalue weighted by atomic mass is 32.2. The third-order valence-corrected chi connectivity index (χ3v) is 8.32. The van der Waals surface area contributed by atoms with Crippen LogP contribution in [0.4, 0.5) is 11.6 Å². The second kappa shape index (κ2) is 8.43. The van der Waals surface area contributed by atoms with Crippen LogP contribution in [0, 0.1) is 0 Å². The fourth-order valence-corrected chi connectivity index (χ4v) is 5.73. The highest BCUT2D eigenvalue weighted by Crippen LogP contribution is 2.24. The number of hydrogen-bond acceptors (Lipinski definition) is 9. The van der Waals surface area contributed by atoms with Gasteiger partial charge in [-0.25, -0.2) is 23.2 Å². The van der Waals surface area contributed by atoms with Crippen molar-refractivity contribution in [3.8, 4) is 0 Å². The van der Waals surface area contributed by atoms with E-state index in [1.165, 1.54) is 27.1 Å². The minimum absolute atomic E-state index is 0.152. The van der Waals surface area contributed by atoms with E-state index in [-0.39, 0.29) is 4.90 Å². The first-order valence-electron chi connectivity index (χ1n) is 10.9. The van der Waals surface area contributed by atoms with Crippen LogP contribution in [0.1, 0.15) is 0 Å². The van der Waals surface area contributed by atoms with Gasteiger partial charge in [-0.1, -0.05) is 0 Å². The molecule has 0 atom stereocenters. The maximum Gasteiger partial charge on any atom is 0.419 e. The summed E-state index contributed by atoms with van der Waals surface area (Å²) >= 11 is 0. The van der Waals surface area contributed by atoms with Crippen molar-refractivity contribution in [2.24, 2.45) is 7.05 Å². The number of sulfonamides is 1. The van der Waals surface area contributed by atoms with Crippen molar-refractivity contribution in [3.05, 3.63) is 41.1 Å². The number of fused-ring (bicyclic) bond motifs is 1. The fourth-order valence-electron chi connectivity index (χ4n) is 4.29. The van der Waals surface area contributed by atoms with Crippen LogP contribution in [0.5, 0.6) is 0 Å². The second-order valence-corrected chi connectivity index (χ2v) is 10.4. The van der Waals surface area contributed by atoms with Gasteiger partial charge in [0.1, 0.15) is 18.0 Å². The zero-order valence-electron chi connectivity index (χ0n) is 18.7. The fraction of sp³-hybridized carbons (Fsp3) is 0.476. The summed E-state index contributed by atoms with van der Waals surface area (Å²) in [6.07, 6.45) is 1.58. The third-order valence-electron chi connectivity index (χ3n) is 6.43. The first-order valence-corrected chi connectivity index (χ1v) is 12.4. The van der Waals surface area contributed by atoms with Gasteiger partial charge in [0, 0.05) is 65.5 Å². The minimum atomic E-state index is -3.69. The van der Waals surface area contributed by atoms with Crippen molar-refractivity contribution < 1.29 is 12.8 Å². The predicted molar refractivity (Wildman–Crippen MR) is 124 cm³/mol. The summed E-state index contributed by atoms with van der Waals surface area (Å²) in [5, 5.41) is 0. The van der Waals surface area contributed by atoms with E-state index in [0.717, 1.165) is 37.8 Å². The zero-order valence-corrected chi connectivity index (χ0v) is 19.5. The van der Waals surface area contributed by atoms with Gasteiger partial charge in [-0.2, -0.15) is 4.31 Å². The molecule has 0 N–H and O–H groups in total. The van der Waals surface area contributed by atoms with E-state index in [4.69, 9.17) is 4.42 Å². The highest BCUT2D eigenvalue weighted by molar-refractivity contribution is 7.89. The van der Waals surface area contributed by atoms with Gasteiger partial charge in [-0.15, -0.1) is 0 Å². The van der Waals surface area contributed by atoms with E-state index in [1.807, 2.05) is 6.07 Å². The Morgan fingerprint density at radius 3 is 2.09 bits per heavy atom. The Bertz CT molecular complexity index is 1320. The molecular weight excluding hydrogens is 446 g/mol. The molecule has 33 heavy (non-hydrogen) atoms. The number of likely N-dealkylation sites (N-methyl/N-ethyl adjacent to an activating group) is 1. The van der Waals surface area contributed by atoms with E-state index in [9.17, 15) is 13.2 Å². The van der Waals surface area contributed by atoms with Crippen molar-refractivity contribution in [2.75, 3.05) is 69.2 Å². The molecular formula is C21H27N7O4S. The predicted octanol–water partition coefficient (Wildman–Crippen LogP) is 0.184. The Kier molecular flexibility index (Phi) is 5.59. The van der Waals surface area contributed by atoms with Crippen LogP contribution in [-0.2, 0) is 17.1 Å². The van der Waals surface area contributed by atoms with E-state index in [1.54, 1.807) is 13.4 Å². The monoisotopic (exact) mass is 473 g/mol. The largest absolute Gasteiger partial charge is 0.419 e. The van der Waals surface area contributed by atoms with Crippen LogP contribution >= 0.6 is 0 Å². The van der Waals surface area contributed by atoms with Gasteiger partial charge < -0.3 is 19.1 Å². The standard InChI is InChI=1S/C21H27N7O4S/c1-24-5-7-26(8-6-24)19-14-20(23-15-22-19)27-9-11-28(12-10-27)33(30,31)16-3-4-18-17(13-16)25(2)21(29)32-18/h3-4,13-15H,5-12H2,1-2H3. The van der Waals surface area contributed by atoms with E-state index in [2.05, 4.69) is 31.7 Å². The van der Waals surface area contributed by atoms with Crippen LogP contribution in [0.3, 0.4) is 0 Å².